The van der Waals surface area contributed by atoms with Crippen LogP contribution in [0.1, 0.15) is 25.6 Å². The zero-order chi connectivity index (χ0) is 11.3. The molecule has 0 saturated heterocycles. The molecule has 0 bridgehead atoms. The minimum atomic E-state index is 0.264. The predicted octanol–water partition coefficient (Wildman–Crippen LogP) is 1.22. The Balaban J connectivity index is 2.27. The van der Waals surface area contributed by atoms with E-state index in [-0.39, 0.29) is 5.78 Å². The van der Waals surface area contributed by atoms with Crippen LogP contribution in [-0.4, -0.2) is 33.8 Å². The fourth-order valence-corrected chi connectivity index (χ4v) is 1.47. The second kappa shape index (κ2) is 5.66. The molecule has 1 heterocycles. The fraction of sp³-hybridized carbons (Fsp3) is 0.636. The molecule has 4 heteroatoms. The molecule has 0 N–H and O–H groups in total. The Morgan fingerprint density at radius 1 is 1.60 bits per heavy atom. The van der Waals surface area contributed by atoms with Crippen LogP contribution in [0.5, 0.6) is 0 Å². The molecule has 0 aliphatic rings. The number of aromatic nitrogens is 2. The molecule has 0 amide bonds. The first kappa shape index (κ1) is 11.9. The van der Waals surface area contributed by atoms with Crippen molar-refractivity contribution in [3.63, 3.8) is 0 Å². The highest BCUT2D eigenvalue weighted by molar-refractivity contribution is 5.75. The summed E-state index contributed by atoms with van der Waals surface area (Å²) in [6.45, 7) is 3.41. The molecular formula is C11H19N3O. The smallest absolute Gasteiger partial charge is 0.129 e. The summed E-state index contributed by atoms with van der Waals surface area (Å²) < 4.78 is 2.02. The van der Waals surface area contributed by atoms with Crippen LogP contribution in [0, 0.1) is 0 Å². The first-order valence-corrected chi connectivity index (χ1v) is 5.24. The Hall–Kier alpha value is -1.16. The standard InChI is InChI=1S/C11H19N3O/c1-10(15)5-4-7-13(2)9-11-12-6-8-14(11)3/h6,8H,4-5,7,9H2,1-3H3. The highest BCUT2D eigenvalue weighted by Gasteiger charge is 2.04. The number of rotatable bonds is 6. The van der Waals surface area contributed by atoms with Crippen LogP contribution in [0.4, 0.5) is 0 Å². The average molecular weight is 209 g/mol. The van der Waals surface area contributed by atoms with Gasteiger partial charge in [0.2, 0.25) is 0 Å². The van der Waals surface area contributed by atoms with E-state index in [0.717, 1.165) is 25.3 Å². The number of ketones is 1. The van der Waals surface area contributed by atoms with Crippen LogP contribution in [-0.2, 0) is 18.4 Å². The average Bonchev–Trinajstić information content (AvgIpc) is 2.51. The third-order valence-corrected chi connectivity index (χ3v) is 2.40. The molecule has 84 valence electrons. The molecular weight excluding hydrogens is 190 g/mol. The molecule has 0 saturated carbocycles. The second-order valence-corrected chi connectivity index (χ2v) is 4.00. The van der Waals surface area contributed by atoms with Gasteiger partial charge in [-0.2, -0.15) is 0 Å². The van der Waals surface area contributed by atoms with Gasteiger partial charge in [-0.25, -0.2) is 4.98 Å². The van der Waals surface area contributed by atoms with Gasteiger partial charge in [-0.1, -0.05) is 0 Å². The second-order valence-electron chi connectivity index (χ2n) is 4.00. The van der Waals surface area contributed by atoms with Crippen LogP contribution in [0.2, 0.25) is 0 Å². The summed E-state index contributed by atoms with van der Waals surface area (Å²) in [7, 11) is 4.04. The maximum absolute atomic E-state index is 10.8. The minimum Gasteiger partial charge on any atom is -0.337 e. The van der Waals surface area contributed by atoms with Crippen molar-refractivity contribution in [3.05, 3.63) is 18.2 Å². The monoisotopic (exact) mass is 209 g/mol. The summed E-state index contributed by atoms with van der Waals surface area (Å²) in [5.41, 5.74) is 0. The van der Waals surface area contributed by atoms with E-state index in [1.165, 1.54) is 0 Å². The van der Waals surface area contributed by atoms with Crippen LogP contribution < -0.4 is 0 Å². The molecule has 1 aromatic rings. The van der Waals surface area contributed by atoms with Gasteiger partial charge in [0.05, 0.1) is 6.54 Å². The molecule has 15 heavy (non-hydrogen) atoms. The maximum Gasteiger partial charge on any atom is 0.129 e. The SMILES string of the molecule is CC(=O)CCCN(C)Cc1nccn1C. The van der Waals surface area contributed by atoms with E-state index in [1.807, 2.05) is 17.8 Å². The normalized spacial score (nSPS) is 10.9. The van der Waals surface area contributed by atoms with E-state index in [1.54, 1.807) is 13.1 Å². The molecule has 0 radical (unpaired) electrons. The van der Waals surface area contributed by atoms with E-state index in [2.05, 4.69) is 16.9 Å². The zero-order valence-corrected chi connectivity index (χ0v) is 9.73. The minimum absolute atomic E-state index is 0.264. The fourth-order valence-electron chi connectivity index (χ4n) is 1.47. The number of nitrogens with zero attached hydrogens (tertiary/aromatic N) is 3. The number of aryl methyl sites for hydroxylation is 1. The third kappa shape index (κ3) is 4.25. The lowest BCUT2D eigenvalue weighted by Crippen LogP contribution is -2.21. The zero-order valence-electron chi connectivity index (χ0n) is 9.73. The van der Waals surface area contributed by atoms with Crippen LogP contribution in [0.15, 0.2) is 12.4 Å². The molecule has 0 fully saturated rings. The molecule has 0 aliphatic heterocycles. The number of hydrogen-bond acceptors (Lipinski definition) is 3. The van der Waals surface area contributed by atoms with Crippen molar-refractivity contribution < 1.29 is 4.79 Å². The Morgan fingerprint density at radius 2 is 2.33 bits per heavy atom. The lowest BCUT2D eigenvalue weighted by Gasteiger charge is -2.15. The number of imidazole rings is 1. The summed E-state index contributed by atoms with van der Waals surface area (Å²) in [5.74, 6) is 1.32. The van der Waals surface area contributed by atoms with Gasteiger partial charge in [0.25, 0.3) is 0 Å². The Morgan fingerprint density at radius 3 is 2.87 bits per heavy atom. The summed E-state index contributed by atoms with van der Waals surface area (Å²) in [4.78, 5) is 17.2. The highest BCUT2D eigenvalue weighted by atomic mass is 16.1. The van der Waals surface area contributed by atoms with Crippen molar-refractivity contribution in [2.45, 2.75) is 26.3 Å². The van der Waals surface area contributed by atoms with Crippen LogP contribution >= 0.6 is 0 Å². The Bertz CT molecular complexity index is 319. The van der Waals surface area contributed by atoms with E-state index < -0.39 is 0 Å². The van der Waals surface area contributed by atoms with Crippen LogP contribution in [0.25, 0.3) is 0 Å². The van der Waals surface area contributed by atoms with Gasteiger partial charge in [-0.3, -0.25) is 4.90 Å². The lowest BCUT2D eigenvalue weighted by molar-refractivity contribution is -0.117. The summed E-state index contributed by atoms with van der Waals surface area (Å²) in [6.07, 6.45) is 5.35. The molecule has 1 rings (SSSR count). The first-order valence-electron chi connectivity index (χ1n) is 5.24. The number of carbonyl (C=O) groups is 1. The summed E-state index contributed by atoms with van der Waals surface area (Å²) >= 11 is 0. The van der Waals surface area contributed by atoms with Gasteiger partial charge in [0.1, 0.15) is 11.6 Å². The van der Waals surface area contributed by atoms with Gasteiger partial charge in [0.15, 0.2) is 0 Å². The topological polar surface area (TPSA) is 38.1 Å². The largest absolute Gasteiger partial charge is 0.337 e. The predicted molar refractivity (Wildman–Crippen MR) is 59.5 cm³/mol. The van der Waals surface area contributed by atoms with Crippen molar-refractivity contribution in [2.24, 2.45) is 7.05 Å². The van der Waals surface area contributed by atoms with Crippen LogP contribution in [0.3, 0.4) is 0 Å². The van der Waals surface area contributed by atoms with Gasteiger partial charge in [-0.05, 0) is 26.9 Å². The first-order chi connectivity index (χ1) is 7.09. The van der Waals surface area contributed by atoms with Crippen molar-refractivity contribution in [1.82, 2.24) is 14.5 Å². The maximum atomic E-state index is 10.8. The molecule has 0 aliphatic carbocycles. The van der Waals surface area contributed by atoms with Gasteiger partial charge in [-0.15, -0.1) is 0 Å². The molecule has 0 aromatic carbocycles. The molecule has 1 aromatic heterocycles. The lowest BCUT2D eigenvalue weighted by atomic mass is 10.2. The number of carbonyl (C=O) groups excluding carboxylic acids is 1. The van der Waals surface area contributed by atoms with E-state index in [0.29, 0.717) is 6.42 Å². The van der Waals surface area contributed by atoms with E-state index in [4.69, 9.17) is 0 Å². The van der Waals surface area contributed by atoms with Crippen molar-refractivity contribution in [3.8, 4) is 0 Å². The molecule has 0 atom stereocenters. The Kier molecular flexibility index (Phi) is 4.49. The van der Waals surface area contributed by atoms with Gasteiger partial charge < -0.3 is 9.36 Å². The van der Waals surface area contributed by atoms with Gasteiger partial charge in [0, 0.05) is 25.9 Å². The molecule has 0 spiro atoms. The quantitative estimate of drug-likeness (QED) is 0.707. The van der Waals surface area contributed by atoms with E-state index in [9.17, 15) is 4.79 Å². The molecule has 0 unspecified atom stereocenters. The molecule has 4 nitrogen and oxygen atoms in total. The van der Waals surface area contributed by atoms with E-state index >= 15 is 0 Å². The van der Waals surface area contributed by atoms with Gasteiger partial charge >= 0.3 is 0 Å². The number of hydrogen-bond donors (Lipinski definition) is 0. The third-order valence-electron chi connectivity index (χ3n) is 2.40. The van der Waals surface area contributed by atoms with Crippen molar-refractivity contribution in [2.75, 3.05) is 13.6 Å². The summed E-state index contributed by atoms with van der Waals surface area (Å²) in [5, 5.41) is 0. The van der Waals surface area contributed by atoms with Crippen molar-refractivity contribution >= 4 is 5.78 Å². The Labute approximate surface area is 90.9 Å². The number of Topliss-reactive ketones (excluding diaryl/α,β-unsaturated/α-hetero) is 1. The highest BCUT2D eigenvalue weighted by Crippen LogP contribution is 2.01. The van der Waals surface area contributed by atoms with Crippen molar-refractivity contribution in [1.29, 1.82) is 0 Å². The summed E-state index contributed by atoms with van der Waals surface area (Å²) in [6, 6.07) is 0.